The van der Waals surface area contributed by atoms with Gasteiger partial charge in [-0.15, -0.1) is 23.2 Å². The lowest BCUT2D eigenvalue weighted by Crippen LogP contribution is -2.18. The van der Waals surface area contributed by atoms with E-state index in [1.807, 2.05) is 0 Å². The number of hydrogen-bond donors (Lipinski definition) is 2. The number of halogens is 6. The Hall–Kier alpha value is -2.22. The third-order valence-electron chi connectivity index (χ3n) is 5.59. The molecule has 3 aromatic carbocycles. The van der Waals surface area contributed by atoms with E-state index in [4.69, 9.17) is 62.7 Å². The van der Waals surface area contributed by atoms with Gasteiger partial charge >= 0.3 is 0 Å². The van der Waals surface area contributed by atoms with Crippen LogP contribution in [0, 0.1) is 11.7 Å². The molecule has 4 rings (SSSR count). The molecule has 11 heteroatoms. The second-order valence-electron chi connectivity index (χ2n) is 8.02. The molecule has 0 spiro atoms. The van der Waals surface area contributed by atoms with Crippen molar-refractivity contribution in [1.29, 1.82) is 0 Å². The van der Waals surface area contributed by atoms with Crippen LogP contribution in [0.3, 0.4) is 0 Å². The maximum absolute atomic E-state index is 13.1. The van der Waals surface area contributed by atoms with Gasteiger partial charge in [0.1, 0.15) is 10.2 Å². The van der Waals surface area contributed by atoms with Gasteiger partial charge in [0, 0.05) is 17.3 Å². The standard InChI is InChI=1S/C25H18Cl5FN2O3/c1-2-36-22-18(27)9-12(10-19(22)28)20-21(25(20,29)30)24(35)33-15-7-8-17(26)16(11-15)23(34)32-14-5-3-13(31)4-6-14/h3-11,20-21H,2H2,1H3,(H,32,34)(H,33,35). The molecule has 0 radical (unpaired) electrons. The first-order valence-corrected chi connectivity index (χ1v) is 12.6. The normalized spacial score (nSPS) is 17.9. The topological polar surface area (TPSA) is 67.4 Å². The summed E-state index contributed by atoms with van der Waals surface area (Å²) >= 11 is 31.7. The van der Waals surface area contributed by atoms with E-state index < -0.39 is 33.8 Å². The summed E-state index contributed by atoms with van der Waals surface area (Å²) in [6, 6.07) is 12.9. The monoisotopic (exact) mass is 588 g/mol. The van der Waals surface area contributed by atoms with Crippen molar-refractivity contribution in [2.75, 3.05) is 17.2 Å². The van der Waals surface area contributed by atoms with Crippen LogP contribution in [0.5, 0.6) is 5.75 Å². The van der Waals surface area contributed by atoms with Crippen LogP contribution in [-0.4, -0.2) is 22.8 Å². The van der Waals surface area contributed by atoms with E-state index in [0.717, 1.165) is 0 Å². The van der Waals surface area contributed by atoms with Crippen LogP contribution in [0.4, 0.5) is 15.8 Å². The lowest BCUT2D eigenvalue weighted by molar-refractivity contribution is -0.117. The number of rotatable bonds is 7. The SMILES string of the molecule is CCOc1c(Cl)cc(C2C(C(=O)Nc3ccc(Cl)c(C(=O)Nc4ccc(F)cc4)c3)C2(Cl)Cl)cc1Cl. The van der Waals surface area contributed by atoms with Crippen LogP contribution in [0.1, 0.15) is 28.8 Å². The zero-order chi connectivity index (χ0) is 26.2. The van der Waals surface area contributed by atoms with Crippen LogP contribution in [-0.2, 0) is 4.79 Å². The number of alkyl halides is 2. The Bertz CT molecular complexity index is 1310. The summed E-state index contributed by atoms with van der Waals surface area (Å²) in [6.07, 6.45) is 0. The Kier molecular flexibility index (Phi) is 7.93. The number of anilines is 2. The minimum atomic E-state index is -1.39. The number of nitrogens with one attached hydrogen (secondary N) is 2. The summed E-state index contributed by atoms with van der Waals surface area (Å²) in [5, 5.41) is 6.08. The highest BCUT2D eigenvalue weighted by atomic mass is 35.5. The van der Waals surface area contributed by atoms with Crippen molar-refractivity contribution in [3.05, 3.63) is 86.6 Å². The van der Waals surface area contributed by atoms with Crippen molar-refractivity contribution in [3.63, 3.8) is 0 Å². The third kappa shape index (κ3) is 5.53. The van der Waals surface area contributed by atoms with Crippen molar-refractivity contribution < 1.29 is 18.7 Å². The van der Waals surface area contributed by atoms with Gasteiger partial charge in [-0.2, -0.15) is 0 Å². The number of benzene rings is 3. The summed E-state index contributed by atoms with van der Waals surface area (Å²) in [5.41, 5.74) is 1.40. The van der Waals surface area contributed by atoms with Crippen molar-refractivity contribution in [1.82, 2.24) is 0 Å². The first kappa shape index (κ1) is 26.8. The zero-order valence-electron chi connectivity index (χ0n) is 18.6. The second kappa shape index (κ2) is 10.6. The van der Waals surface area contributed by atoms with Crippen LogP contribution in [0.2, 0.25) is 15.1 Å². The summed E-state index contributed by atoms with van der Waals surface area (Å²) in [7, 11) is 0. The fourth-order valence-electron chi connectivity index (χ4n) is 3.84. The Balaban J connectivity index is 1.50. The van der Waals surface area contributed by atoms with E-state index in [0.29, 0.717) is 29.3 Å². The van der Waals surface area contributed by atoms with Gasteiger partial charge in [0.2, 0.25) is 5.91 Å². The molecule has 2 amide bonds. The van der Waals surface area contributed by atoms with Gasteiger partial charge in [-0.3, -0.25) is 9.59 Å². The molecule has 1 fully saturated rings. The van der Waals surface area contributed by atoms with Crippen LogP contribution in [0.15, 0.2) is 54.6 Å². The third-order valence-corrected chi connectivity index (χ3v) is 7.42. The Morgan fingerprint density at radius 3 is 2.14 bits per heavy atom. The van der Waals surface area contributed by atoms with E-state index in [1.54, 1.807) is 25.1 Å². The highest BCUT2D eigenvalue weighted by Crippen LogP contribution is 2.65. The molecule has 1 saturated carbocycles. The van der Waals surface area contributed by atoms with Gasteiger partial charge in [-0.05, 0) is 67.1 Å². The number of ether oxygens (including phenoxy) is 1. The Morgan fingerprint density at radius 2 is 1.53 bits per heavy atom. The van der Waals surface area contributed by atoms with Crippen LogP contribution >= 0.6 is 58.0 Å². The summed E-state index contributed by atoms with van der Waals surface area (Å²) < 4.78 is 17.2. The van der Waals surface area contributed by atoms with Crippen molar-refractivity contribution >= 4 is 81.2 Å². The molecule has 2 N–H and O–H groups in total. The first-order valence-electron chi connectivity index (χ1n) is 10.7. The van der Waals surface area contributed by atoms with Crippen molar-refractivity contribution in [2.24, 2.45) is 5.92 Å². The molecule has 188 valence electrons. The van der Waals surface area contributed by atoms with Crippen LogP contribution < -0.4 is 15.4 Å². The fourth-order valence-corrected chi connectivity index (χ4v) is 5.48. The molecule has 0 aliphatic heterocycles. The summed E-state index contributed by atoms with van der Waals surface area (Å²) in [4.78, 5) is 25.8. The van der Waals surface area contributed by atoms with Gasteiger partial charge < -0.3 is 15.4 Å². The molecule has 2 atom stereocenters. The number of carbonyl (C=O) groups is 2. The number of hydrogen-bond acceptors (Lipinski definition) is 3. The lowest BCUT2D eigenvalue weighted by Gasteiger charge is -2.11. The summed E-state index contributed by atoms with van der Waals surface area (Å²) in [6.45, 7) is 2.19. The highest BCUT2D eigenvalue weighted by molar-refractivity contribution is 6.53. The van der Waals surface area contributed by atoms with E-state index in [9.17, 15) is 14.0 Å². The molecule has 36 heavy (non-hydrogen) atoms. The molecule has 0 bridgehead atoms. The molecular weight excluding hydrogens is 573 g/mol. The molecular formula is C25H18Cl5FN2O3. The molecule has 0 heterocycles. The Morgan fingerprint density at radius 1 is 0.917 bits per heavy atom. The second-order valence-corrected chi connectivity index (χ2v) is 10.7. The molecule has 0 saturated heterocycles. The molecule has 3 aromatic rings. The average molecular weight is 591 g/mol. The van der Waals surface area contributed by atoms with E-state index in [-0.39, 0.29) is 20.6 Å². The smallest absolute Gasteiger partial charge is 0.257 e. The highest BCUT2D eigenvalue weighted by Gasteiger charge is 2.67. The number of carbonyl (C=O) groups excluding carboxylic acids is 2. The van der Waals surface area contributed by atoms with Gasteiger partial charge in [0.15, 0.2) is 5.75 Å². The Labute approximate surface area is 231 Å². The first-order chi connectivity index (χ1) is 17.0. The molecule has 2 unspecified atom stereocenters. The predicted molar refractivity (Wildman–Crippen MR) is 143 cm³/mol. The van der Waals surface area contributed by atoms with Crippen molar-refractivity contribution in [3.8, 4) is 5.75 Å². The average Bonchev–Trinajstić information content (AvgIpc) is 3.40. The fraction of sp³-hybridized carbons (Fsp3) is 0.200. The van der Waals surface area contributed by atoms with Crippen LogP contribution in [0.25, 0.3) is 0 Å². The van der Waals surface area contributed by atoms with Gasteiger partial charge in [-0.25, -0.2) is 4.39 Å². The van der Waals surface area contributed by atoms with Gasteiger partial charge in [0.05, 0.1) is 33.2 Å². The molecule has 1 aliphatic rings. The molecule has 1 aliphatic carbocycles. The zero-order valence-corrected chi connectivity index (χ0v) is 22.3. The van der Waals surface area contributed by atoms with E-state index in [2.05, 4.69) is 10.6 Å². The lowest BCUT2D eigenvalue weighted by atomic mass is 10.1. The van der Waals surface area contributed by atoms with Gasteiger partial charge in [-0.1, -0.05) is 34.8 Å². The summed E-state index contributed by atoms with van der Waals surface area (Å²) in [5.74, 6) is -2.46. The maximum atomic E-state index is 13.1. The van der Waals surface area contributed by atoms with Gasteiger partial charge in [0.25, 0.3) is 5.91 Å². The minimum Gasteiger partial charge on any atom is -0.491 e. The molecule has 5 nitrogen and oxygen atoms in total. The number of amides is 2. The maximum Gasteiger partial charge on any atom is 0.257 e. The van der Waals surface area contributed by atoms with Crippen molar-refractivity contribution in [2.45, 2.75) is 17.2 Å². The van der Waals surface area contributed by atoms with E-state index in [1.165, 1.54) is 36.4 Å². The largest absolute Gasteiger partial charge is 0.491 e. The molecule has 0 aromatic heterocycles. The quantitative estimate of drug-likeness (QED) is 0.274. The predicted octanol–water partition coefficient (Wildman–Crippen LogP) is 7.96. The van der Waals surface area contributed by atoms with E-state index >= 15 is 0 Å². The minimum absolute atomic E-state index is 0.110.